The van der Waals surface area contributed by atoms with Crippen LogP contribution in [0.2, 0.25) is 0 Å². The van der Waals surface area contributed by atoms with Crippen molar-refractivity contribution in [2.45, 2.75) is 26.3 Å². The number of carbonyl (C=O) groups is 1. The van der Waals surface area contributed by atoms with Crippen LogP contribution in [0.5, 0.6) is 0 Å². The molecule has 19 heavy (non-hydrogen) atoms. The zero-order chi connectivity index (χ0) is 14.6. The molecule has 0 saturated carbocycles. The van der Waals surface area contributed by atoms with Crippen molar-refractivity contribution in [3.8, 4) is 0 Å². The normalized spacial score (nSPS) is 12.8. The molecule has 0 fully saturated rings. The number of hydrogen-bond donors (Lipinski definition) is 1. The van der Waals surface area contributed by atoms with Crippen molar-refractivity contribution < 1.29 is 13.2 Å². The molecule has 0 unspecified atom stereocenters. The van der Waals surface area contributed by atoms with Gasteiger partial charge in [-0.05, 0) is 37.6 Å². The van der Waals surface area contributed by atoms with E-state index >= 15 is 0 Å². The van der Waals surface area contributed by atoms with Crippen molar-refractivity contribution in [1.82, 2.24) is 5.32 Å². The monoisotopic (exact) mass is 284 g/mol. The Morgan fingerprint density at radius 2 is 1.84 bits per heavy atom. The quantitative estimate of drug-likeness (QED) is 0.893. The average molecular weight is 284 g/mol. The lowest BCUT2D eigenvalue weighted by Crippen LogP contribution is -2.32. The van der Waals surface area contributed by atoms with E-state index in [-0.39, 0.29) is 11.9 Å². The van der Waals surface area contributed by atoms with Crippen LogP contribution in [0, 0.1) is 0 Å². The van der Waals surface area contributed by atoms with Crippen molar-refractivity contribution in [3.63, 3.8) is 0 Å². The highest BCUT2D eigenvalue weighted by Gasteiger charge is 2.13. The van der Waals surface area contributed by atoms with Crippen molar-refractivity contribution in [3.05, 3.63) is 29.8 Å². The molecule has 0 bridgehead atoms. The maximum atomic E-state index is 11.8. The first-order valence-corrected chi connectivity index (χ1v) is 7.95. The topological polar surface area (TPSA) is 66.5 Å². The number of anilines is 1. The summed E-state index contributed by atoms with van der Waals surface area (Å²) in [4.78, 5) is 11.8. The second kappa shape index (κ2) is 6.06. The Morgan fingerprint density at radius 3 is 2.26 bits per heavy atom. The number of nitrogens with zero attached hydrogens (tertiary/aromatic N) is 1. The highest BCUT2D eigenvalue weighted by molar-refractivity contribution is 7.92. The Bertz CT molecular complexity index is 538. The summed E-state index contributed by atoms with van der Waals surface area (Å²) in [6.07, 6.45) is 2.00. The second-order valence-corrected chi connectivity index (χ2v) is 6.57. The Morgan fingerprint density at radius 1 is 1.32 bits per heavy atom. The molecule has 1 aromatic rings. The van der Waals surface area contributed by atoms with Crippen LogP contribution in [0.1, 0.15) is 30.6 Å². The Kier molecular flexibility index (Phi) is 4.94. The SMILES string of the molecule is CC[C@H](C)NC(=O)c1ccc(N(C)S(C)(=O)=O)cc1. The van der Waals surface area contributed by atoms with E-state index in [0.717, 1.165) is 12.7 Å². The number of hydrogen-bond acceptors (Lipinski definition) is 3. The first-order chi connectivity index (χ1) is 8.75. The molecule has 0 radical (unpaired) electrons. The van der Waals surface area contributed by atoms with E-state index in [1.54, 1.807) is 24.3 Å². The molecular weight excluding hydrogens is 264 g/mol. The van der Waals surface area contributed by atoms with Gasteiger partial charge < -0.3 is 5.32 Å². The van der Waals surface area contributed by atoms with Crippen LogP contribution in [0.15, 0.2) is 24.3 Å². The molecule has 106 valence electrons. The van der Waals surface area contributed by atoms with Crippen LogP contribution in [0.4, 0.5) is 5.69 Å². The average Bonchev–Trinajstić information content (AvgIpc) is 2.36. The third kappa shape index (κ3) is 4.24. The number of benzene rings is 1. The number of rotatable bonds is 5. The van der Waals surface area contributed by atoms with Gasteiger partial charge in [-0.25, -0.2) is 8.42 Å². The third-order valence-corrected chi connectivity index (χ3v) is 4.19. The largest absolute Gasteiger partial charge is 0.350 e. The van der Waals surface area contributed by atoms with Gasteiger partial charge in [0.25, 0.3) is 5.91 Å². The molecule has 0 saturated heterocycles. The number of carbonyl (C=O) groups excluding carboxylic acids is 1. The van der Waals surface area contributed by atoms with Crippen LogP contribution in [0.3, 0.4) is 0 Å². The minimum atomic E-state index is -3.28. The summed E-state index contributed by atoms with van der Waals surface area (Å²) in [5.41, 5.74) is 1.05. The van der Waals surface area contributed by atoms with E-state index in [2.05, 4.69) is 5.32 Å². The van der Waals surface area contributed by atoms with Gasteiger partial charge in [0, 0.05) is 18.7 Å². The fraction of sp³-hybridized carbons (Fsp3) is 0.462. The minimum absolute atomic E-state index is 0.117. The summed E-state index contributed by atoms with van der Waals surface area (Å²) in [7, 11) is -1.80. The molecule has 1 rings (SSSR count). The lowest BCUT2D eigenvalue weighted by molar-refractivity contribution is 0.0939. The van der Waals surface area contributed by atoms with Gasteiger partial charge in [-0.1, -0.05) is 6.92 Å². The summed E-state index contributed by atoms with van der Waals surface area (Å²) in [5, 5.41) is 2.85. The van der Waals surface area contributed by atoms with Gasteiger partial charge in [-0.3, -0.25) is 9.10 Å². The summed E-state index contributed by atoms with van der Waals surface area (Å²) in [6.45, 7) is 3.93. The first kappa shape index (κ1) is 15.5. The zero-order valence-electron chi connectivity index (χ0n) is 11.7. The van der Waals surface area contributed by atoms with Gasteiger partial charge in [-0.2, -0.15) is 0 Å². The van der Waals surface area contributed by atoms with Gasteiger partial charge >= 0.3 is 0 Å². The Hall–Kier alpha value is -1.56. The molecule has 0 aromatic heterocycles. The highest BCUT2D eigenvalue weighted by atomic mass is 32.2. The molecule has 0 spiro atoms. The lowest BCUT2D eigenvalue weighted by atomic mass is 10.1. The first-order valence-electron chi connectivity index (χ1n) is 6.10. The van der Waals surface area contributed by atoms with Crippen molar-refractivity contribution in [1.29, 1.82) is 0 Å². The fourth-order valence-corrected chi connectivity index (χ4v) is 1.93. The van der Waals surface area contributed by atoms with Crippen LogP contribution in [-0.2, 0) is 10.0 Å². The summed E-state index contributed by atoms with van der Waals surface area (Å²) in [5.74, 6) is -0.150. The van der Waals surface area contributed by atoms with Gasteiger partial charge in [0.1, 0.15) is 0 Å². The standard InChI is InChI=1S/C13H20N2O3S/c1-5-10(2)14-13(16)11-6-8-12(9-7-11)15(3)19(4,17)18/h6-10H,5H2,1-4H3,(H,14,16)/t10-/m0/s1. The van der Waals surface area contributed by atoms with E-state index in [4.69, 9.17) is 0 Å². The van der Waals surface area contributed by atoms with E-state index < -0.39 is 10.0 Å². The molecule has 1 aromatic carbocycles. The zero-order valence-corrected chi connectivity index (χ0v) is 12.5. The molecule has 0 heterocycles. The summed E-state index contributed by atoms with van der Waals surface area (Å²) >= 11 is 0. The molecular formula is C13H20N2O3S. The van der Waals surface area contributed by atoms with Gasteiger partial charge in [0.15, 0.2) is 0 Å². The van der Waals surface area contributed by atoms with Crippen LogP contribution < -0.4 is 9.62 Å². The molecule has 1 N–H and O–H groups in total. The number of nitrogens with one attached hydrogen (secondary N) is 1. The lowest BCUT2D eigenvalue weighted by Gasteiger charge is -2.17. The van der Waals surface area contributed by atoms with Crippen molar-refractivity contribution in [2.75, 3.05) is 17.6 Å². The predicted octanol–water partition coefficient (Wildman–Crippen LogP) is 1.61. The van der Waals surface area contributed by atoms with E-state index in [0.29, 0.717) is 11.3 Å². The molecule has 1 atom stereocenters. The smallest absolute Gasteiger partial charge is 0.251 e. The minimum Gasteiger partial charge on any atom is -0.350 e. The van der Waals surface area contributed by atoms with Crippen LogP contribution in [-0.4, -0.2) is 33.7 Å². The maximum absolute atomic E-state index is 11.8. The summed E-state index contributed by atoms with van der Waals surface area (Å²) < 4.78 is 23.9. The fourth-order valence-electron chi connectivity index (χ4n) is 1.42. The van der Waals surface area contributed by atoms with E-state index in [1.165, 1.54) is 11.4 Å². The molecule has 0 aliphatic heterocycles. The van der Waals surface area contributed by atoms with Crippen LogP contribution >= 0.6 is 0 Å². The molecule has 0 aliphatic carbocycles. The van der Waals surface area contributed by atoms with Gasteiger partial charge in [0.2, 0.25) is 10.0 Å². The van der Waals surface area contributed by atoms with Gasteiger partial charge in [0.05, 0.1) is 11.9 Å². The van der Waals surface area contributed by atoms with Crippen molar-refractivity contribution >= 4 is 21.6 Å². The maximum Gasteiger partial charge on any atom is 0.251 e. The highest BCUT2D eigenvalue weighted by Crippen LogP contribution is 2.16. The summed E-state index contributed by atoms with van der Waals surface area (Å²) in [6, 6.07) is 6.59. The van der Waals surface area contributed by atoms with Crippen LogP contribution in [0.25, 0.3) is 0 Å². The molecule has 0 aliphatic rings. The molecule has 6 heteroatoms. The van der Waals surface area contributed by atoms with E-state index in [9.17, 15) is 13.2 Å². The number of sulfonamides is 1. The Labute approximate surface area is 114 Å². The predicted molar refractivity (Wildman–Crippen MR) is 76.9 cm³/mol. The second-order valence-electron chi connectivity index (χ2n) is 4.56. The molecule has 5 nitrogen and oxygen atoms in total. The van der Waals surface area contributed by atoms with Crippen molar-refractivity contribution in [2.24, 2.45) is 0 Å². The van der Waals surface area contributed by atoms with Gasteiger partial charge in [-0.15, -0.1) is 0 Å². The number of amides is 1. The molecule has 1 amide bonds. The third-order valence-electron chi connectivity index (χ3n) is 2.98. The van der Waals surface area contributed by atoms with E-state index in [1.807, 2.05) is 13.8 Å². The Balaban J connectivity index is 2.85.